The fourth-order valence-corrected chi connectivity index (χ4v) is 4.23. The highest BCUT2D eigenvalue weighted by atomic mass is 32.1. The van der Waals surface area contributed by atoms with Crippen LogP contribution in [-0.4, -0.2) is 21.7 Å². The Morgan fingerprint density at radius 3 is 2.71 bits per heavy atom. The summed E-state index contributed by atoms with van der Waals surface area (Å²) in [4.78, 5) is 12.7. The molecule has 0 spiro atoms. The van der Waals surface area contributed by atoms with Crippen molar-refractivity contribution >= 4 is 43.4 Å². The number of fused-ring (bicyclic) bond motifs is 3. The highest BCUT2D eigenvalue weighted by Gasteiger charge is 2.16. The van der Waals surface area contributed by atoms with E-state index in [0.717, 1.165) is 55.0 Å². The number of nitrogens with zero attached hydrogens (tertiary/aromatic N) is 2. The largest absolute Gasteiger partial charge is 0.454 e. The molecule has 2 aromatic heterocycles. The third kappa shape index (κ3) is 2.56. The topological polar surface area (TPSA) is 72.1 Å². The lowest BCUT2D eigenvalue weighted by atomic mass is 10.2. The van der Waals surface area contributed by atoms with E-state index in [-0.39, 0.29) is 6.79 Å². The molecule has 28 heavy (non-hydrogen) atoms. The van der Waals surface area contributed by atoms with Gasteiger partial charge in [-0.3, -0.25) is 0 Å². The van der Waals surface area contributed by atoms with Crippen LogP contribution in [0.5, 0.6) is 11.5 Å². The van der Waals surface area contributed by atoms with Gasteiger partial charge in [-0.05, 0) is 24.3 Å². The Balaban J connectivity index is 1.33. The van der Waals surface area contributed by atoms with Crippen molar-refractivity contribution in [3.63, 3.8) is 0 Å². The number of benzene rings is 3. The summed E-state index contributed by atoms with van der Waals surface area (Å²) >= 11 is 1.58. The second-order valence-corrected chi connectivity index (χ2v) is 7.53. The fourth-order valence-electron chi connectivity index (χ4n) is 3.33. The highest BCUT2D eigenvalue weighted by molar-refractivity contribution is 7.22. The van der Waals surface area contributed by atoms with Crippen molar-refractivity contribution in [2.24, 2.45) is 0 Å². The minimum Gasteiger partial charge on any atom is -0.454 e. The van der Waals surface area contributed by atoms with Gasteiger partial charge >= 0.3 is 0 Å². The van der Waals surface area contributed by atoms with Crippen molar-refractivity contribution in [3.8, 4) is 22.9 Å². The molecule has 0 atom stereocenters. The number of anilines is 2. The molecule has 7 heteroatoms. The third-order valence-corrected chi connectivity index (χ3v) is 5.59. The van der Waals surface area contributed by atoms with E-state index in [0.29, 0.717) is 0 Å². The summed E-state index contributed by atoms with van der Waals surface area (Å²) in [5, 5.41) is 4.22. The average molecular weight is 386 g/mol. The number of hydrogen-bond donors (Lipinski definition) is 2. The van der Waals surface area contributed by atoms with Crippen molar-refractivity contribution in [1.29, 1.82) is 0 Å². The molecule has 0 saturated heterocycles. The van der Waals surface area contributed by atoms with Crippen LogP contribution in [-0.2, 0) is 0 Å². The monoisotopic (exact) mass is 386 g/mol. The Bertz CT molecular complexity index is 1270. The molecule has 1 aliphatic heterocycles. The zero-order valence-electron chi connectivity index (χ0n) is 14.6. The lowest BCUT2D eigenvalue weighted by Crippen LogP contribution is -1.92. The van der Waals surface area contributed by atoms with Gasteiger partial charge < -0.3 is 19.8 Å². The number of imidazole rings is 1. The first-order chi connectivity index (χ1) is 13.8. The summed E-state index contributed by atoms with van der Waals surface area (Å²) in [6, 6.07) is 20.1. The predicted molar refractivity (Wildman–Crippen MR) is 111 cm³/mol. The van der Waals surface area contributed by atoms with Gasteiger partial charge in [-0.2, -0.15) is 0 Å². The molecule has 0 unspecified atom stereocenters. The summed E-state index contributed by atoms with van der Waals surface area (Å²) in [6.45, 7) is 0.270. The molecular weight excluding hydrogens is 372 g/mol. The molecule has 0 saturated carbocycles. The van der Waals surface area contributed by atoms with Gasteiger partial charge in [-0.1, -0.05) is 35.6 Å². The Hall–Kier alpha value is -3.58. The molecule has 1 aliphatic rings. The smallest absolute Gasteiger partial charge is 0.231 e. The predicted octanol–water partition coefficient (Wildman–Crippen LogP) is 5.31. The number of nitrogens with one attached hydrogen (secondary N) is 2. The molecular formula is C21H14N4O2S. The number of H-pyrrole nitrogens is 1. The van der Waals surface area contributed by atoms with E-state index in [1.165, 1.54) is 0 Å². The number of para-hydroxylation sites is 2. The van der Waals surface area contributed by atoms with E-state index in [1.807, 2.05) is 54.6 Å². The van der Waals surface area contributed by atoms with Gasteiger partial charge in [-0.15, -0.1) is 0 Å². The minimum absolute atomic E-state index is 0.270. The van der Waals surface area contributed by atoms with Crippen LogP contribution in [0, 0.1) is 0 Å². The Kier molecular flexibility index (Phi) is 3.30. The molecule has 2 N–H and O–H groups in total. The van der Waals surface area contributed by atoms with Gasteiger partial charge in [0.2, 0.25) is 6.79 Å². The van der Waals surface area contributed by atoms with Gasteiger partial charge in [-0.25, -0.2) is 9.97 Å². The van der Waals surface area contributed by atoms with E-state index in [1.54, 1.807) is 11.3 Å². The molecule has 3 heterocycles. The zero-order valence-corrected chi connectivity index (χ0v) is 15.4. The number of aromatic amines is 1. The van der Waals surface area contributed by atoms with Gasteiger partial charge in [0.15, 0.2) is 16.6 Å². The molecule has 136 valence electrons. The van der Waals surface area contributed by atoms with Gasteiger partial charge in [0.1, 0.15) is 5.82 Å². The molecule has 6 rings (SSSR count). The quantitative estimate of drug-likeness (QED) is 0.439. The average Bonchev–Trinajstić information content (AvgIpc) is 3.43. The first-order valence-electron chi connectivity index (χ1n) is 8.84. The highest BCUT2D eigenvalue weighted by Crippen LogP contribution is 2.39. The normalized spacial score (nSPS) is 12.7. The van der Waals surface area contributed by atoms with Crippen molar-refractivity contribution in [1.82, 2.24) is 15.0 Å². The Morgan fingerprint density at radius 1 is 0.893 bits per heavy atom. The first-order valence-corrected chi connectivity index (χ1v) is 9.66. The van der Waals surface area contributed by atoms with Gasteiger partial charge in [0, 0.05) is 23.4 Å². The van der Waals surface area contributed by atoms with Crippen LogP contribution in [0.15, 0.2) is 60.7 Å². The number of hydrogen-bond acceptors (Lipinski definition) is 6. The molecule has 3 aromatic carbocycles. The summed E-state index contributed by atoms with van der Waals surface area (Å²) in [6.07, 6.45) is 0. The fraction of sp³-hybridized carbons (Fsp3) is 0.0476. The number of aromatic nitrogens is 3. The van der Waals surface area contributed by atoms with Crippen molar-refractivity contribution in [2.45, 2.75) is 0 Å². The molecule has 0 amide bonds. The van der Waals surface area contributed by atoms with Crippen LogP contribution in [0.1, 0.15) is 0 Å². The maximum Gasteiger partial charge on any atom is 0.231 e. The van der Waals surface area contributed by atoms with Crippen LogP contribution >= 0.6 is 11.3 Å². The first kappa shape index (κ1) is 15.5. The van der Waals surface area contributed by atoms with Gasteiger partial charge in [0.05, 0.1) is 21.3 Å². The second kappa shape index (κ2) is 5.97. The van der Waals surface area contributed by atoms with E-state index in [2.05, 4.69) is 26.3 Å². The van der Waals surface area contributed by atoms with E-state index >= 15 is 0 Å². The Morgan fingerprint density at radius 2 is 1.79 bits per heavy atom. The van der Waals surface area contributed by atoms with Crippen LogP contribution in [0.25, 0.3) is 32.6 Å². The van der Waals surface area contributed by atoms with E-state index in [9.17, 15) is 0 Å². The van der Waals surface area contributed by atoms with Crippen molar-refractivity contribution in [2.75, 3.05) is 12.1 Å². The molecule has 6 nitrogen and oxygen atoms in total. The lowest BCUT2D eigenvalue weighted by molar-refractivity contribution is 0.174. The summed E-state index contributed by atoms with van der Waals surface area (Å²) < 4.78 is 11.9. The Labute approximate surface area is 163 Å². The van der Waals surface area contributed by atoms with Crippen LogP contribution in [0.3, 0.4) is 0 Å². The minimum atomic E-state index is 0.270. The lowest BCUT2D eigenvalue weighted by Gasteiger charge is -2.04. The van der Waals surface area contributed by atoms with Gasteiger partial charge in [0.25, 0.3) is 0 Å². The van der Waals surface area contributed by atoms with Crippen LogP contribution in [0.2, 0.25) is 0 Å². The van der Waals surface area contributed by atoms with E-state index < -0.39 is 0 Å². The zero-order chi connectivity index (χ0) is 18.5. The third-order valence-electron chi connectivity index (χ3n) is 4.66. The summed E-state index contributed by atoms with van der Waals surface area (Å²) in [7, 11) is 0. The molecule has 0 radical (unpaired) electrons. The molecule has 0 aliphatic carbocycles. The SMILES string of the molecule is c1cc(Nc2nc3cc4c(cc3s2)OCO4)cc(-c2nc3ccccc3[nH]2)c1. The van der Waals surface area contributed by atoms with Crippen molar-refractivity contribution in [3.05, 3.63) is 60.7 Å². The second-order valence-electron chi connectivity index (χ2n) is 6.50. The molecule has 0 fully saturated rings. The maximum absolute atomic E-state index is 5.45. The number of ether oxygens (including phenoxy) is 2. The summed E-state index contributed by atoms with van der Waals surface area (Å²) in [5.41, 5.74) is 4.85. The number of thiazole rings is 1. The van der Waals surface area contributed by atoms with Crippen molar-refractivity contribution < 1.29 is 9.47 Å². The summed E-state index contributed by atoms with van der Waals surface area (Å²) in [5.74, 6) is 2.37. The van der Waals surface area contributed by atoms with Crippen LogP contribution < -0.4 is 14.8 Å². The maximum atomic E-state index is 5.45. The van der Waals surface area contributed by atoms with E-state index in [4.69, 9.17) is 9.47 Å². The number of rotatable bonds is 3. The van der Waals surface area contributed by atoms with Crippen LogP contribution in [0.4, 0.5) is 10.8 Å². The molecule has 5 aromatic rings. The molecule has 0 bridgehead atoms. The standard InChI is InChI=1S/C21H14N4O2S/c1-2-7-15-14(6-1)23-20(24-15)12-4-3-5-13(8-12)22-21-25-16-9-17-18(27-11-26-17)10-19(16)28-21/h1-10H,11H2,(H,22,25)(H,23,24).